The molecule has 0 aromatic carbocycles. The fourth-order valence-electron chi connectivity index (χ4n) is 0. The molecule has 0 aliphatic carbocycles. The van der Waals surface area contributed by atoms with Gasteiger partial charge in [0.15, 0.2) is 0 Å². The first-order chi connectivity index (χ1) is 2.00. The number of rotatable bonds is 0. The van der Waals surface area contributed by atoms with Gasteiger partial charge in [-0.25, -0.2) is 4.11 Å². The maximum absolute atomic E-state index is 10.5. The molecular formula is H5FLiO3RbScSi. The van der Waals surface area contributed by atoms with Crippen molar-refractivity contribution in [3.63, 3.8) is 0 Å². The van der Waals surface area contributed by atoms with Gasteiger partial charge in [0.1, 0.15) is 0 Å². The van der Waals surface area contributed by atoms with Crippen molar-refractivity contribution >= 4 is 9.14 Å². The SMILES string of the molecule is O[Si](O)(O)F.[H-].[H-].[Li+].[Rb+].[Sc]. The number of hydrogen-bond donors (Lipinski definition) is 3. The van der Waals surface area contributed by atoms with Crippen molar-refractivity contribution in [2.45, 2.75) is 0 Å². The summed E-state index contributed by atoms with van der Waals surface area (Å²) in [7, 11) is -5.11. The molecule has 0 fully saturated rings. The second-order valence-electron chi connectivity index (χ2n) is 0.554. The van der Waals surface area contributed by atoms with Gasteiger partial charge in [0.25, 0.3) is 0 Å². The summed E-state index contributed by atoms with van der Waals surface area (Å²) in [6.07, 6.45) is 0. The summed E-state index contributed by atoms with van der Waals surface area (Å²) < 4.78 is 10.5. The maximum Gasteiger partial charge on any atom is 1.00 e. The predicted molar refractivity (Wildman–Crippen MR) is 15.7 cm³/mol. The van der Waals surface area contributed by atoms with Crippen LogP contribution in [0.1, 0.15) is 2.85 Å². The van der Waals surface area contributed by atoms with Crippen LogP contribution in [0.5, 0.6) is 0 Å². The zero-order chi connectivity index (χ0) is 4.50. The molecule has 1 radical (unpaired) electrons. The van der Waals surface area contributed by atoms with Crippen molar-refractivity contribution in [2.24, 2.45) is 0 Å². The van der Waals surface area contributed by atoms with Gasteiger partial charge in [-0.15, -0.1) is 0 Å². The minimum absolute atomic E-state index is 0. The summed E-state index contributed by atoms with van der Waals surface area (Å²) >= 11 is 0. The normalized spacial score (nSPS) is 7.50. The summed E-state index contributed by atoms with van der Waals surface area (Å²) in [4.78, 5) is 21.3. The van der Waals surface area contributed by atoms with E-state index in [9.17, 15) is 4.11 Å². The first kappa shape index (κ1) is 22.5. The maximum atomic E-state index is 10.5. The molecule has 0 rings (SSSR count). The van der Waals surface area contributed by atoms with Crippen molar-refractivity contribution in [1.29, 1.82) is 0 Å². The van der Waals surface area contributed by atoms with Crippen molar-refractivity contribution in [2.75, 3.05) is 0 Å². The molecule has 0 heterocycles. The van der Waals surface area contributed by atoms with Crippen LogP contribution in [0.4, 0.5) is 4.11 Å². The Labute approximate surface area is 130 Å². The van der Waals surface area contributed by atoms with E-state index in [4.69, 9.17) is 14.4 Å². The van der Waals surface area contributed by atoms with Crippen molar-refractivity contribution in [3.05, 3.63) is 0 Å². The zero-order valence-corrected chi connectivity index (χ0v) is 12.5. The van der Waals surface area contributed by atoms with E-state index in [0.29, 0.717) is 0 Å². The second-order valence-corrected chi connectivity index (χ2v) is 1.66. The van der Waals surface area contributed by atoms with E-state index in [0.717, 1.165) is 0 Å². The smallest absolute Gasteiger partial charge is 1.00 e. The summed E-state index contributed by atoms with van der Waals surface area (Å²) in [5.41, 5.74) is 0. The summed E-state index contributed by atoms with van der Waals surface area (Å²) in [6, 6.07) is 0. The first-order valence-corrected chi connectivity index (χ1v) is 2.58. The van der Waals surface area contributed by atoms with Crippen LogP contribution >= 0.6 is 0 Å². The molecule has 8 heteroatoms. The predicted octanol–water partition coefficient (Wildman–Crippen LogP) is -7.40. The average Bonchev–Trinajstić information content (AvgIpc) is 0.722. The van der Waals surface area contributed by atoms with E-state index >= 15 is 0 Å². The molecule has 8 heavy (non-hydrogen) atoms. The van der Waals surface area contributed by atoms with Crippen LogP contribution in [0.25, 0.3) is 0 Å². The molecule has 0 amide bonds. The topological polar surface area (TPSA) is 60.7 Å². The molecule has 0 bridgehead atoms. The number of halogens is 1. The molecule has 3 nitrogen and oxygen atoms in total. The third-order valence-electron chi connectivity index (χ3n) is 0. The Bertz CT molecular complexity index is 42.0. The molecule has 0 aliphatic heterocycles. The van der Waals surface area contributed by atoms with E-state index in [1.807, 2.05) is 0 Å². The van der Waals surface area contributed by atoms with Crippen LogP contribution in [-0.4, -0.2) is 23.5 Å². The third-order valence-corrected chi connectivity index (χ3v) is 0. The molecule has 0 aliphatic rings. The zero-order valence-electron chi connectivity index (χ0n) is 6.80. The van der Waals surface area contributed by atoms with Gasteiger partial charge >= 0.3 is 86.2 Å². The Kier molecular flexibility index (Phi) is 29.0. The van der Waals surface area contributed by atoms with Crippen LogP contribution in [0.2, 0.25) is 0 Å². The fraction of sp³-hybridized carbons (Fsp3) is 0. The summed E-state index contributed by atoms with van der Waals surface area (Å²) in [6.45, 7) is 0. The average molecular weight is 237 g/mol. The van der Waals surface area contributed by atoms with Gasteiger partial charge in [-0.1, -0.05) is 0 Å². The van der Waals surface area contributed by atoms with Crippen molar-refractivity contribution in [1.82, 2.24) is 0 Å². The van der Waals surface area contributed by atoms with E-state index < -0.39 is 9.14 Å². The van der Waals surface area contributed by atoms with Crippen LogP contribution in [0.3, 0.4) is 0 Å². The van der Waals surface area contributed by atoms with Crippen LogP contribution in [-0.2, 0) is 25.8 Å². The molecule has 0 spiro atoms. The van der Waals surface area contributed by atoms with E-state index in [2.05, 4.69) is 0 Å². The second kappa shape index (κ2) is 10.3. The van der Waals surface area contributed by atoms with E-state index in [-0.39, 0.29) is 106 Å². The first-order valence-electron chi connectivity index (χ1n) is 0.860. The molecule has 0 saturated carbocycles. The van der Waals surface area contributed by atoms with Crippen LogP contribution in [0.15, 0.2) is 0 Å². The molecule has 0 atom stereocenters. The van der Waals surface area contributed by atoms with Gasteiger partial charge in [-0.2, -0.15) is 0 Å². The number of hydrogen-bond acceptors (Lipinski definition) is 3. The summed E-state index contributed by atoms with van der Waals surface area (Å²) in [5, 5.41) is 0. The molecule has 0 aromatic rings. The molecule has 3 N–H and O–H groups in total. The van der Waals surface area contributed by atoms with Gasteiger partial charge in [0.2, 0.25) is 0 Å². The van der Waals surface area contributed by atoms with Gasteiger partial charge in [-0.3, -0.25) is 0 Å². The molecular weight excluding hydrogens is 232 g/mol. The van der Waals surface area contributed by atoms with Gasteiger partial charge in [-0.05, 0) is 0 Å². The minimum Gasteiger partial charge on any atom is -1.00 e. The Morgan fingerprint density at radius 1 is 1.25 bits per heavy atom. The van der Waals surface area contributed by atoms with Crippen molar-refractivity contribution < 1.29 is 124 Å². The van der Waals surface area contributed by atoms with Gasteiger partial charge < -0.3 is 17.2 Å². The summed E-state index contributed by atoms with van der Waals surface area (Å²) in [5.74, 6) is 0. The standard InChI is InChI=1S/FH3O3Si.Li.Rb.Sc.2H/c1-5(2,3)4;;;;;/h2-4H;;;;;/q;2*+1;;2*-1. The van der Waals surface area contributed by atoms with E-state index in [1.54, 1.807) is 0 Å². The Morgan fingerprint density at radius 2 is 1.25 bits per heavy atom. The molecule has 0 unspecified atom stereocenters. The monoisotopic (exact) mass is 237 g/mol. The Morgan fingerprint density at radius 3 is 1.25 bits per heavy atom. The largest absolute Gasteiger partial charge is 1.00 e. The molecule has 0 saturated heterocycles. The molecule has 0 aromatic heterocycles. The van der Waals surface area contributed by atoms with E-state index in [1.165, 1.54) is 0 Å². The quantitative estimate of drug-likeness (QED) is 0.290. The fourth-order valence-corrected chi connectivity index (χ4v) is 0. The van der Waals surface area contributed by atoms with Crippen LogP contribution < -0.4 is 77.0 Å². The van der Waals surface area contributed by atoms with Crippen molar-refractivity contribution in [3.8, 4) is 0 Å². The minimum atomic E-state index is -5.11. The van der Waals surface area contributed by atoms with Gasteiger partial charge in [0, 0.05) is 25.8 Å². The third kappa shape index (κ3) is 58.8. The molecule has 39 valence electrons. The Balaban J connectivity index is -0.00000000800. The van der Waals surface area contributed by atoms with Gasteiger partial charge in [0.05, 0.1) is 0 Å². The van der Waals surface area contributed by atoms with Crippen LogP contribution in [0, 0.1) is 0 Å². The Hall–Kier alpha value is 3.30.